The molecule has 9 atom stereocenters. The second-order valence-corrected chi connectivity index (χ2v) is 9.67. The largest absolute Gasteiger partial charge is 0.301 e. The van der Waals surface area contributed by atoms with Gasteiger partial charge in [0, 0.05) is 27.5 Å². The lowest BCUT2D eigenvalue weighted by Gasteiger charge is -2.32. The number of nitro benzene ring substituents is 2. The van der Waals surface area contributed by atoms with E-state index < -0.39 is 9.85 Å². The molecule has 7 rings (SSSR count). The molecule has 6 fully saturated rings. The SMILES string of the molecule is O=[N+]([O-])c1ccc(NN=C2[C@H]3[C@@H]4C[C@H]5[C@H]3[C@@H]3[C@H](I)[C@@H]5[C@@H]4[C@@H]23)c([N+](=O)[O-])c1. The second-order valence-electron chi connectivity index (χ2n) is 8.23. The minimum atomic E-state index is -0.626. The van der Waals surface area contributed by atoms with Gasteiger partial charge in [-0.2, -0.15) is 5.10 Å². The number of hydrazone groups is 1. The predicted octanol–water partition coefficient (Wildman–Crippen LogP) is 3.46. The van der Waals surface area contributed by atoms with Crippen molar-refractivity contribution in [3.8, 4) is 0 Å². The Hall–Kier alpha value is -1.78. The smallest absolute Gasteiger partial charge is 0.272 e. The van der Waals surface area contributed by atoms with Gasteiger partial charge < -0.3 is 0 Å². The summed E-state index contributed by atoms with van der Waals surface area (Å²) in [6.45, 7) is 0. The highest BCUT2D eigenvalue weighted by Crippen LogP contribution is 2.82. The second kappa shape index (κ2) is 4.73. The maximum absolute atomic E-state index is 11.3. The number of benzene rings is 1. The molecule has 134 valence electrons. The molecular formula is C17H15IN4O4. The standard InChI is InChI=1S/C17H15IN4O4/c18-16-12-6-4-7-10(12)15-14(16)11(6)13(7)17(15)20-19-8-2-1-5(21(23)24)3-9(8)22(25)26/h1-3,6-7,10-16,19H,4H2/t6-,7+,10+,11+,12-,13-,14-,15+,16+/m0/s1. The van der Waals surface area contributed by atoms with Crippen molar-refractivity contribution in [1.82, 2.24) is 0 Å². The lowest BCUT2D eigenvalue weighted by molar-refractivity contribution is -0.393. The van der Waals surface area contributed by atoms with E-state index in [1.54, 1.807) is 0 Å². The highest BCUT2D eigenvalue weighted by molar-refractivity contribution is 14.1. The Morgan fingerprint density at radius 2 is 1.81 bits per heavy atom. The molecule has 0 unspecified atom stereocenters. The van der Waals surface area contributed by atoms with E-state index in [0.717, 1.165) is 45.5 Å². The van der Waals surface area contributed by atoms with Gasteiger partial charge in [-0.1, -0.05) is 22.6 Å². The fourth-order valence-corrected chi connectivity index (χ4v) is 9.32. The Morgan fingerprint density at radius 1 is 1.04 bits per heavy atom. The van der Waals surface area contributed by atoms with E-state index in [4.69, 9.17) is 0 Å². The van der Waals surface area contributed by atoms with E-state index in [9.17, 15) is 20.2 Å². The Balaban J connectivity index is 1.35. The van der Waals surface area contributed by atoms with Crippen LogP contribution in [0.5, 0.6) is 0 Å². The summed E-state index contributed by atoms with van der Waals surface area (Å²) in [5.74, 6) is 5.89. The summed E-state index contributed by atoms with van der Waals surface area (Å²) >= 11 is 2.65. The molecule has 0 saturated heterocycles. The van der Waals surface area contributed by atoms with Crippen LogP contribution in [-0.2, 0) is 0 Å². The van der Waals surface area contributed by atoms with Crippen LogP contribution in [0.3, 0.4) is 0 Å². The predicted molar refractivity (Wildman–Crippen MR) is 101 cm³/mol. The van der Waals surface area contributed by atoms with E-state index in [1.807, 2.05) is 0 Å². The quantitative estimate of drug-likeness (QED) is 0.316. The van der Waals surface area contributed by atoms with Crippen LogP contribution in [0.25, 0.3) is 0 Å². The molecule has 8 nitrogen and oxygen atoms in total. The molecular weight excluding hydrogens is 451 g/mol. The van der Waals surface area contributed by atoms with Gasteiger partial charge in [-0.05, 0) is 48.0 Å². The number of hydrogen-bond donors (Lipinski definition) is 1. The van der Waals surface area contributed by atoms with Crippen molar-refractivity contribution in [2.24, 2.45) is 52.4 Å². The summed E-state index contributed by atoms with van der Waals surface area (Å²) in [6, 6.07) is 3.65. The summed E-state index contributed by atoms with van der Waals surface area (Å²) in [6.07, 6.45) is 1.34. The van der Waals surface area contributed by atoms with Gasteiger partial charge in [0.15, 0.2) is 0 Å². The van der Waals surface area contributed by atoms with Gasteiger partial charge in [-0.25, -0.2) is 0 Å². The molecule has 6 aliphatic rings. The number of nitro groups is 2. The van der Waals surface area contributed by atoms with Gasteiger partial charge in [0.2, 0.25) is 0 Å². The number of nitrogens with one attached hydrogen (secondary N) is 1. The zero-order valence-electron chi connectivity index (χ0n) is 13.5. The maximum Gasteiger partial charge on any atom is 0.301 e. The van der Waals surface area contributed by atoms with Crippen molar-refractivity contribution in [3.05, 3.63) is 38.4 Å². The number of hydrogen-bond acceptors (Lipinski definition) is 6. The molecule has 9 heteroatoms. The van der Waals surface area contributed by atoms with E-state index >= 15 is 0 Å². The molecule has 0 radical (unpaired) electrons. The van der Waals surface area contributed by atoms with E-state index in [1.165, 1.54) is 24.3 Å². The van der Waals surface area contributed by atoms with Gasteiger partial charge in [0.25, 0.3) is 5.69 Å². The average Bonchev–Trinajstić information content (AvgIpc) is 3.35. The fraction of sp³-hybridized carbons (Fsp3) is 0.588. The molecule has 0 aromatic heterocycles. The van der Waals surface area contributed by atoms with Gasteiger partial charge in [0.05, 0.1) is 15.9 Å². The van der Waals surface area contributed by atoms with Crippen LogP contribution in [0.1, 0.15) is 6.42 Å². The Labute approximate surface area is 161 Å². The van der Waals surface area contributed by atoms with Crippen LogP contribution in [-0.4, -0.2) is 19.5 Å². The lowest BCUT2D eigenvalue weighted by atomic mass is 9.71. The van der Waals surface area contributed by atoms with Gasteiger partial charge in [-0.3, -0.25) is 25.7 Å². The number of alkyl halides is 1. The van der Waals surface area contributed by atoms with Gasteiger partial charge in [-0.15, -0.1) is 0 Å². The van der Waals surface area contributed by atoms with Crippen LogP contribution in [0.2, 0.25) is 0 Å². The summed E-state index contributed by atoms with van der Waals surface area (Å²) in [5.41, 5.74) is 3.72. The van der Waals surface area contributed by atoms with Gasteiger partial charge in [0.1, 0.15) is 5.69 Å². The van der Waals surface area contributed by atoms with Crippen molar-refractivity contribution in [1.29, 1.82) is 0 Å². The van der Waals surface area contributed by atoms with Gasteiger partial charge >= 0.3 is 5.69 Å². The van der Waals surface area contributed by atoms with Crippen LogP contribution in [0, 0.1) is 67.6 Å². The summed E-state index contributed by atoms with van der Waals surface area (Å²) in [4.78, 5) is 20.9. The van der Waals surface area contributed by atoms with Crippen LogP contribution in [0.15, 0.2) is 23.3 Å². The van der Waals surface area contributed by atoms with E-state index in [2.05, 4.69) is 33.1 Å². The van der Waals surface area contributed by atoms with Crippen molar-refractivity contribution < 1.29 is 9.85 Å². The molecule has 6 bridgehead atoms. The third-order valence-corrected chi connectivity index (χ3v) is 9.40. The third kappa shape index (κ3) is 1.55. The monoisotopic (exact) mass is 466 g/mol. The molecule has 0 spiro atoms. The first kappa shape index (κ1) is 15.3. The van der Waals surface area contributed by atoms with Crippen LogP contribution >= 0.6 is 22.6 Å². The maximum atomic E-state index is 11.3. The highest BCUT2D eigenvalue weighted by atomic mass is 127. The van der Waals surface area contributed by atoms with Crippen molar-refractivity contribution in [2.45, 2.75) is 10.3 Å². The van der Waals surface area contributed by atoms with Crippen molar-refractivity contribution in [2.75, 3.05) is 5.43 Å². The summed E-state index contributed by atoms with van der Waals surface area (Å²) in [5, 5.41) is 26.8. The Kier molecular flexibility index (Phi) is 2.78. The Bertz CT molecular complexity index is 918. The molecule has 6 saturated carbocycles. The first-order chi connectivity index (χ1) is 12.5. The minimum absolute atomic E-state index is 0.220. The summed E-state index contributed by atoms with van der Waals surface area (Å²) in [7, 11) is 0. The van der Waals surface area contributed by atoms with Crippen LogP contribution < -0.4 is 5.43 Å². The molecule has 26 heavy (non-hydrogen) atoms. The highest BCUT2D eigenvalue weighted by Gasteiger charge is 2.82. The number of non-ortho nitro benzene ring substituents is 1. The zero-order valence-corrected chi connectivity index (χ0v) is 15.6. The van der Waals surface area contributed by atoms with Crippen molar-refractivity contribution in [3.63, 3.8) is 0 Å². The molecule has 6 aliphatic carbocycles. The first-order valence-corrected chi connectivity index (χ1v) is 10.1. The first-order valence-electron chi connectivity index (χ1n) is 8.89. The topological polar surface area (TPSA) is 111 Å². The number of halogens is 1. The van der Waals surface area contributed by atoms with Crippen molar-refractivity contribution >= 4 is 45.4 Å². The number of rotatable bonds is 4. The molecule has 0 heterocycles. The van der Waals surface area contributed by atoms with E-state index in [-0.39, 0.29) is 17.1 Å². The van der Waals surface area contributed by atoms with Crippen LogP contribution in [0.4, 0.5) is 17.1 Å². The fourth-order valence-electron chi connectivity index (χ4n) is 7.38. The normalized spacial score (nSPS) is 46.8. The third-order valence-electron chi connectivity index (χ3n) is 7.73. The molecule has 1 N–H and O–H groups in total. The molecule has 1 aromatic rings. The summed E-state index contributed by atoms with van der Waals surface area (Å²) < 4.78 is 0.758. The van der Waals surface area contributed by atoms with E-state index in [0.29, 0.717) is 11.8 Å². The minimum Gasteiger partial charge on any atom is -0.272 e. The molecule has 1 aromatic carbocycles. The Morgan fingerprint density at radius 3 is 2.50 bits per heavy atom. The molecule has 0 amide bonds. The number of anilines is 1. The number of nitrogens with zero attached hydrogens (tertiary/aromatic N) is 3. The lowest BCUT2D eigenvalue weighted by Crippen LogP contribution is -2.30. The average molecular weight is 466 g/mol. The molecule has 0 aliphatic heterocycles. The zero-order chi connectivity index (χ0) is 17.9.